The number of guanidine groups is 1. The van der Waals surface area contributed by atoms with Crippen LogP contribution in [0.1, 0.15) is 53.0 Å². The number of aliphatic imine (C=N–C) groups is 1. The van der Waals surface area contributed by atoms with Crippen LogP contribution in [-0.4, -0.2) is 97.7 Å². The molecule has 2 aliphatic rings. The van der Waals surface area contributed by atoms with Gasteiger partial charge in [0.05, 0.1) is 18.9 Å². The van der Waals surface area contributed by atoms with E-state index in [1.807, 2.05) is 17.1 Å². The van der Waals surface area contributed by atoms with Gasteiger partial charge in [0.1, 0.15) is 12.3 Å². The number of hydrogen-bond donors (Lipinski definition) is 3. The molecule has 1 saturated heterocycles. The summed E-state index contributed by atoms with van der Waals surface area (Å²) in [6.45, 7) is 14.2. The van der Waals surface area contributed by atoms with Gasteiger partial charge in [0, 0.05) is 58.3 Å². The molecule has 12 nitrogen and oxygen atoms in total. The highest BCUT2D eigenvalue weighted by molar-refractivity contribution is 5.98. The molecule has 3 amide bonds. The van der Waals surface area contributed by atoms with Crippen molar-refractivity contribution in [3.63, 3.8) is 0 Å². The lowest BCUT2D eigenvalue weighted by molar-refractivity contribution is -0.131. The van der Waals surface area contributed by atoms with E-state index in [4.69, 9.17) is 9.47 Å². The van der Waals surface area contributed by atoms with E-state index < -0.39 is 6.09 Å². The standard InChI is InChI=1S/C28H45N7O5/c1-7-39-27(38)31-26-30-23-15-22(40-14-8-9-24(36)32-35-13-12-29-16-20(35)2)11-10-21(23)17-34(26)18-25(37)33(6)19-28(3,4)5/h10-11,15,20,29H,7-9,12-14,16-19H2,1-6H3,(H,32,36)(H,30,31,38). The maximum absolute atomic E-state index is 13.0. The summed E-state index contributed by atoms with van der Waals surface area (Å²) in [5.41, 5.74) is 4.48. The molecule has 3 N–H and O–H groups in total. The van der Waals surface area contributed by atoms with Crippen molar-refractivity contribution in [1.82, 2.24) is 30.9 Å². The van der Waals surface area contributed by atoms with Gasteiger partial charge in [-0.25, -0.2) is 14.8 Å². The number of amides is 3. The molecule has 12 heteroatoms. The van der Waals surface area contributed by atoms with E-state index in [9.17, 15) is 14.4 Å². The zero-order valence-electron chi connectivity index (χ0n) is 24.7. The van der Waals surface area contributed by atoms with E-state index in [0.717, 1.165) is 25.2 Å². The van der Waals surface area contributed by atoms with Gasteiger partial charge in [-0.1, -0.05) is 26.8 Å². The Balaban J connectivity index is 1.60. The number of benzene rings is 1. The third-order valence-corrected chi connectivity index (χ3v) is 6.48. The molecular formula is C28H45N7O5. The molecular weight excluding hydrogens is 514 g/mol. The van der Waals surface area contributed by atoms with Gasteiger partial charge in [-0.05, 0) is 37.3 Å². The number of piperazine rings is 1. The lowest BCUT2D eigenvalue weighted by Gasteiger charge is -2.33. The number of nitrogens with zero attached hydrogens (tertiary/aromatic N) is 4. The zero-order chi connectivity index (χ0) is 29.3. The van der Waals surface area contributed by atoms with Crippen molar-refractivity contribution in [2.75, 3.05) is 53.0 Å². The maximum atomic E-state index is 13.0. The van der Waals surface area contributed by atoms with Gasteiger partial charge >= 0.3 is 6.09 Å². The Kier molecular flexibility index (Phi) is 11.1. The summed E-state index contributed by atoms with van der Waals surface area (Å²) in [5.74, 6) is 0.764. The van der Waals surface area contributed by atoms with Crippen molar-refractivity contribution in [3.05, 3.63) is 23.8 Å². The number of likely N-dealkylation sites (N-methyl/N-ethyl adjacent to an activating group) is 1. The van der Waals surface area contributed by atoms with E-state index in [-0.39, 0.29) is 42.4 Å². The second-order valence-corrected chi connectivity index (χ2v) is 11.5. The Labute approximate surface area is 237 Å². The van der Waals surface area contributed by atoms with E-state index in [2.05, 4.69) is 48.7 Å². The van der Waals surface area contributed by atoms with Crippen molar-refractivity contribution in [2.45, 2.75) is 60.0 Å². The monoisotopic (exact) mass is 559 g/mol. The Bertz CT molecular complexity index is 1070. The highest BCUT2D eigenvalue weighted by Gasteiger charge is 2.27. The molecule has 222 valence electrons. The largest absolute Gasteiger partial charge is 0.494 e. The third-order valence-electron chi connectivity index (χ3n) is 6.48. The van der Waals surface area contributed by atoms with Crippen LogP contribution in [0.5, 0.6) is 5.75 Å². The van der Waals surface area contributed by atoms with Crippen molar-refractivity contribution in [1.29, 1.82) is 0 Å². The molecule has 0 radical (unpaired) electrons. The van der Waals surface area contributed by atoms with Crippen molar-refractivity contribution in [2.24, 2.45) is 10.4 Å². The van der Waals surface area contributed by atoms with Crippen molar-refractivity contribution < 1.29 is 23.9 Å². The van der Waals surface area contributed by atoms with Gasteiger partial charge in [-0.15, -0.1) is 0 Å². The van der Waals surface area contributed by atoms with Crippen LogP contribution in [0.2, 0.25) is 0 Å². The highest BCUT2D eigenvalue weighted by Crippen LogP contribution is 2.30. The molecule has 40 heavy (non-hydrogen) atoms. The molecule has 1 aromatic rings. The van der Waals surface area contributed by atoms with E-state index in [1.165, 1.54) is 0 Å². The average Bonchev–Trinajstić information content (AvgIpc) is 2.87. The second-order valence-electron chi connectivity index (χ2n) is 11.5. The van der Waals surface area contributed by atoms with Gasteiger partial charge in [0.2, 0.25) is 17.8 Å². The molecule has 0 aromatic heterocycles. The molecule has 1 fully saturated rings. The average molecular weight is 560 g/mol. The Morgan fingerprint density at radius 1 is 1.25 bits per heavy atom. The predicted molar refractivity (Wildman–Crippen MR) is 153 cm³/mol. The Morgan fingerprint density at radius 3 is 2.73 bits per heavy atom. The van der Waals surface area contributed by atoms with Gasteiger partial charge < -0.3 is 24.6 Å². The number of ether oxygens (including phenoxy) is 2. The minimum absolute atomic E-state index is 0.0233. The second kappa shape index (κ2) is 14.3. The summed E-state index contributed by atoms with van der Waals surface area (Å²) in [5, 5.41) is 7.95. The third kappa shape index (κ3) is 9.67. The van der Waals surface area contributed by atoms with Gasteiger partial charge in [-0.2, -0.15) is 0 Å². The normalized spacial score (nSPS) is 17.4. The lowest BCUT2D eigenvalue weighted by Crippen LogP contribution is -2.57. The number of carbonyl (C=O) groups is 3. The van der Waals surface area contributed by atoms with Crippen molar-refractivity contribution in [3.8, 4) is 5.75 Å². The van der Waals surface area contributed by atoms with Crippen LogP contribution in [0.15, 0.2) is 23.2 Å². The van der Waals surface area contributed by atoms with Crippen LogP contribution in [0.3, 0.4) is 0 Å². The topological polar surface area (TPSA) is 128 Å². The first-order valence-electron chi connectivity index (χ1n) is 14.0. The summed E-state index contributed by atoms with van der Waals surface area (Å²) in [6.07, 6.45) is 0.298. The first-order chi connectivity index (χ1) is 18.9. The van der Waals surface area contributed by atoms with Crippen LogP contribution in [-0.2, 0) is 20.9 Å². The SMILES string of the molecule is CCOC(=O)NC1=Nc2cc(OCCCC(=O)NN3CCNCC3C)ccc2CN1CC(=O)N(C)CC(C)(C)C. The highest BCUT2D eigenvalue weighted by atomic mass is 16.5. The number of hydrogen-bond acceptors (Lipinski definition) is 9. The number of hydrazine groups is 1. The summed E-state index contributed by atoms with van der Waals surface area (Å²) in [7, 11) is 1.78. The fourth-order valence-electron chi connectivity index (χ4n) is 4.56. The van der Waals surface area contributed by atoms with Crippen LogP contribution >= 0.6 is 0 Å². The zero-order valence-corrected chi connectivity index (χ0v) is 24.7. The Hall–Kier alpha value is -3.38. The number of nitrogens with one attached hydrogen (secondary N) is 3. The molecule has 0 bridgehead atoms. The minimum Gasteiger partial charge on any atom is -0.494 e. The first kappa shape index (κ1) is 31.2. The summed E-state index contributed by atoms with van der Waals surface area (Å²) < 4.78 is 10.9. The smallest absolute Gasteiger partial charge is 0.413 e. The molecule has 1 aromatic carbocycles. The van der Waals surface area contributed by atoms with Crippen LogP contribution in [0.4, 0.5) is 10.5 Å². The van der Waals surface area contributed by atoms with Gasteiger partial charge in [-0.3, -0.25) is 20.3 Å². The molecule has 1 atom stereocenters. The molecule has 0 aliphatic carbocycles. The van der Waals surface area contributed by atoms with Crippen LogP contribution in [0, 0.1) is 5.41 Å². The molecule has 3 rings (SSSR count). The van der Waals surface area contributed by atoms with Crippen LogP contribution in [0.25, 0.3) is 0 Å². The fraction of sp³-hybridized carbons (Fsp3) is 0.643. The molecule has 0 saturated carbocycles. The maximum Gasteiger partial charge on any atom is 0.413 e. The number of rotatable bonds is 10. The molecule has 1 unspecified atom stereocenters. The molecule has 0 spiro atoms. The van der Waals surface area contributed by atoms with E-state index in [0.29, 0.717) is 44.0 Å². The molecule has 2 heterocycles. The van der Waals surface area contributed by atoms with E-state index in [1.54, 1.807) is 29.8 Å². The summed E-state index contributed by atoms with van der Waals surface area (Å²) >= 11 is 0. The van der Waals surface area contributed by atoms with E-state index >= 15 is 0 Å². The van der Waals surface area contributed by atoms with Crippen molar-refractivity contribution >= 4 is 29.6 Å². The Morgan fingerprint density at radius 2 is 2.02 bits per heavy atom. The van der Waals surface area contributed by atoms with Gasteiger partial charge in [0.15, 0.2) is 0 Å². The summed E-state index contributed by atoms with van der Waals surface area (Å²) in [6, 6.07) is 5.82. The number of alkyl carbamates (subject to hydrolysis) is 1. The van der Waals surface area contributed by atoms with Gasteiger partial charge in [0.25, 0.3) is 0 Å². The lowest BCUT2D eigenvalue weighted by atomic mass is 9.96. The number of fused-ring (bicyclic) bond motifs is 1. The summed E-state index contributed by atoms with van der Waals surface area (Å²) in [4.78, 5) is 45.6. The molecule has 2 aliphatic heterocycles. The number of carbonyl (C=O) groups excluding carboxylic acids is 3. The fourth-order valence-corrected chi connectivity index (χ4v) is 4.56. The minimum atomic E-state index is -0.633. The predicted octanol–water partition coefficient (Wildman–Crippen LogP) is 2.22. The van der Waals surface area contributed by atoms with Crippen LogP contribution < -0.4 is 20.8 Å². The first-order valence-corrected chi connectivity index (χ1v) is 14.0. The quantitative estimate of drug-likeness (QED) is 0.373.